The molecule has 2 aromatic carbocycles. The lowest BCUT2D eigenvalue weighted by molar-refractivity contribution is 0.0602. The number of pyridine rings is 1. The van der Waals surface area contributed by atoms with E-state index in [0.717, 1.165) is 64.7 Å². The number of phenolic OH excluding ortho intramolecular Hbond substituents is 1. The molecular weight excluding hydrogens is 573 g/mol. The van der Waals surface area contributed by atoms with Gasteiger partial charge in [0.2, 0.25) is 5.88 Å². The number of aromatic nitrogens is 3. The molecule has 3 aliphatic rings. The van der Waals surface area contributed by atoms with Gasteiger partial charge in [-0.25, -0.2) is 14.2 Å². The normalized spacial score (nSPS) is 19.6. The molecule has 2 aromatic heterocycles. The number of aromatic hydroxyl groups is 1. The van der Waals surface area contributed by atoms with E-state index in [1.165, 1.54) is 13.2 Å². The van der Waals surface area contributed by atoms with Crippen molar-refractivity contribution >= 4 is 33.6 Å². The van der Waals surface area contributed by atoms with Crippen LogP contribution in [0.25, 0.3) is 21.8 Å². The van der Waals surface area contributed by atoms with E-state index in [2.05, 4.69) is 22.6 Å². The van der Waals surface area contributed by atoms with Crippen LogP contribution in [-0.2, 0) is 11.3 Å². The van der Waals surface area contributed by atoms with Gasteiger partial charge < -0.3 is 24.0 Å². The van der Waals surface area contributed by atoms with E-state index in [-0.39, 0.29) is 23.4 Å². The Morgan fingerprint density at radius 2 is 2.00 bits per heavy atom. The molecule has 0 unspecified atom stereocenters. The smallest absolute Gasteiger partial charge is 0.343 e. The van der Waals surface area contributed by atoms with Gasteiger partial charge in [-0.1, -0.05) is 18.9 Å². The SMILES string of the molecule is C#Cc1c(F)ccc2cc(O)cc(Cn3cnc4c(OCC56CCCN5CCC6)nc(N5CCC[C@@H](C)C5)c(C(=O)OC)c43)c12. The van der Waals surface area contributed by atoms with E-state index < -0.39 is 11.8 Å². The largest absolute Gasteiger partial charge is 0.508 e. The maximum atomic E-state index is 14.9. The first kappa shape index (κ1) is 29.4. The highest BCUT2D eigenvalue weighted by atomic mass is 19.1. The van der Waals surface area contributed by atoms with Crippen LogP contribution < -0.4 is 9.64 Å². The number of hydrogen-bond donors (Lipinski definition) is 1. The van der Waals surface area contributed by atoms with Crippen molar-refractivity contribution < 1.29 is 23.8 Å². The molecule has 0 spiro atoms. The van der Waals surface area contributed by atoms with Crippen molar-refractivity contribution in [2.24, 2.45) is 5.92 Å². The van der Waals surface area contributed by atoms with Gasteiger partial charge in [0.1, 0.15) is 29.6 Å². The molecule has 5 heterocycles. The molecule has 0 aliphatic carbocycles. The molecule has 4 aromatic rings. The van der Waals surface area contributed by atoms with Crippen LogP contribution in [0.5, 0.6) is 11.6 Å². The minimum absolute atomic E-state index is 0.00638. The van der Waals surface area contributed by atoms with Crippen molar-refractivity contribution in [1.29, 1.82) is 0 Å². The fraction of sp³-hybridized carbons (Fsp3) is 0.457. The van der Waals surface area contributed by atoms with Gasteiger partial charge in [0.15, 0.2) is 5.52 Å². The number of anilines is 1. The third-order valence-electron chi connectivity index (χ3n) is 9.96. The van der Waals surface area contributed by atoms with E-state index in [1.807, 2.05) is 4.57 Å². The Morgan fingerprint density at radius 3 is 2.73 bits per heavy atom. The molecule has 0 radical (unpaired) electrons. The molecule has 45 heavy (non-hydrogen) atoms. The maximum absolute atomic E-state index is 14.9. The summed E-state index contributed by atoms with van der Waals surface area (Å²) < 4.78 is 28.7. The lowest BCUT2D eigenvalue weighted by atomic mass is 9.95. The molecule has 9 nitrogen and oxygen atoms in total. The minimum atomic E-state index is -0.526. The average Bonchev–Trinajstić information content (AvgIpc) is 3.74. The third kappa shape index (κ3) is 5.03. The van der Waals surface area contributed by atoms with Crippen molar-refractivity contribution in [3.05, 3.63) is 53.1 Å². The molecule has 0 amide bonds. The highest BCUT2D eigenvalue weighted by Crippen LogP contribution is 2.41. The van der Waals surface area contributed by atoms with Crippen molar-refractivity contribution in [3.63, 3.8) is 0 Å². The number of esters is 1. The number of ether oxygens (including phenoxy) is 2. The number of rotatable bonds is 7. The van der Waals surface area contributed by atoms with E-state index >= 15 is 0 Å². The standard InChI is InChI=1S/C35H38FN5O4/c1-4-26-27(36)10-9-23-16-25(42)17-24(28(23)26)19-40-21-37-30-31(40)29(34(43)44-3)32(39-13-5-8-22(2)18-39)38-33(30)45-20-35-11-6-14-41(35)15-7-12-35/h1,9-10,16-17,21-22,42H,5-8,11-15,18-20H2,2-3H3/t22-/m1/s1. The molecule has 0 saturated carbocycles. The zero-order valence-corrected chi connectivity index (χ0v) is 25.8. The Labute approximate surface area is 261 Å². The third-order valence-corrected chi connectivity index (χ3v) is 9.96. The summed E-state index contributed by atoms with van der Waals surface area (Å²) >= 11 is 0. The van der Waals surface area contributed by atoms with Gasteiger partial charge in [0, 0.05) is 25.0 Å². The monoisotopic (exact) mass is 611 g/mol. The lowest BCUT2D eigenvalue weighted by Crippen LogP contribution is -2.43. The van der Waals surface area contributed by atoms with Crippen LogP contribution in [0.3, 0.4) is 0 Å². The number of methoxy groups -OCH3 is 1. The molecule has 3 fully saturated rings. The number of piperidine rings is 1. The fourth-order valence-electron chi connectivity index (χ4n) is 7.86. The maximum Gasteiger partial charge on any atom is 0.343 e. The topological polar surface area (TPSA) is 93.0 Å². The molecule has 3 saturated heterocycles. The van der Waals surface area contributed by atoms with Crippen LogP contribution in [0, 0.1) is 24.1 Å². The van der Waals surface area contributed by atoms with Crippen LogP contribution in [0.4, 0.5) is 10.2 Å². The van der Waals surface area contributed by atoms with Gasteiger partial charge in [0.05, 0.1) is 30.1 Å². The van der Waals surface area contributed by atoms with Gasteiger partial charge in [-0.3, -0.25) is 4.90 Å². The van der Waals surface area contributed by atoms with Gasteiger partial charge in [-0.2, -0.15) is 4.98 Å². The van der Waals surface area contributed by atoms with Gasteiger partial charge >= 0.3 is 5.97 Å². The van der Waals surface area contributed by atoms with E-state index in [4.69, 9.17) is 25.9 Å². The number of nitrogens with zero attached hydrogens (tertiary/aromatic N) is 5. The Balaban J connectivity index is 1.41. The van der Waals surface area contributed by atoms with Crippen molar-refractivity contribution in [2.45, 2.75) is 57.5 Å². The Morgan fingerprint density at radius 1 is 1.20 bits per heavy atom. The number of fused-ring (bicyclic) bond motifs is 3. The second kappa shape index (κ2) is 11.5. The fourth-order valence-corrected chi connectivity index (χ4v) is 7.86. The number of phenols is 1. The molecule has 0 bridgehead atoms. The summed E-state index contributed by atoms with van der Waals surface area (Å²) in [6, 6.07) is 6.04. The number of carbonyl (C=O) groups excluding carboxylic acids is 1. The van der Waals surface area contributed by atoms with E-state index in [0.29, 0.717) is 57.2 Å². The summed E-state index contributed by atoms with van der Waals surface area (Å²) in [4.78, 5) is 28.1. The van der Waals surface area contributed by atoms with Crippen molar-refractivity contribution in [3.8, 4) is 24.0 Å². The number of benzene rings is 2. The molecule has 3 aliphatic heterocycles. The van der Waals surface area contributed by atoms with E-state index in [9.17, 15) is 14.3 Å². The van der Waals surface area contributed by atoms with E-state index in [1.54, 1.807) is 24.5 Å². The highest BCUT2D eigenvalue weighted by Gasteiger charge is 2.45. The first-order valence-corrected chi connectivity index (χ1v) is 15.8. The van der Waals surface area contributed by atoms with Crippen LogP contribution in [0.2, 0.25) is 0 Å². The van der Waals surface area contributed by atoms with Gasteiger partial charge in [-0.05, 0) is 86.7 Å². The van der Waals surface area contributed by atoms with Crippen molar-refractivity contribution in [2.75, 3.05) is 44.8 Å². The summed E-state index contributed by atoms with van der Waals surface area (Å²) in [5.74, 6) is 2.79. The second-order valence-corrected chi connectivity index (χ2v) is 12.8. The second-order valence-electron chi connectivity index (χ2n) is 12.8. The number of halogens is 1. The van der Waals surface area contributed by atoms with Crippen LogP contribution in [-0.4, -0.2) is 75.9 Å². The molecule has 1 atom stereocenters. The zero-order chi connectivity index (χ0) is 31.3. The zero-order valence-electron chi connectivity index (χ0n) is 25.8. The first-order valence-electron chi connectivity index (χ1n) is 15.8. The molecular formula is C35H38FN5O4. The first-order chi connectivity index (χ1) is 21.8. The predicted octanol–water partition coefficient (Wildman–Crippen LogP) is 5.49. The molecule has 1 N–H and O–H groups in total. The molecule has 10 heteroatoms. The predicted molar refractivity (Wildman–Crippen MR) is 170 cm³/mol. The summed E-state index contributed by atoms with van der Waals surface area (Å²) in [5, 5.41) is 11.7. The Kier molecular flexibility index (Phi) is 7.52. The number of imidazole rings is 1. The number of terminal acetylenes is 1. The van der Waals surface area contributed by atoms with Crippen LogP contribution in [0.1, 0.15) is 66.9 Å². The van der Waals surface area contributed by atoms with Crippen LogP contribution >= 0.6 is 0 Å². The average molecular weight is 612 g/mol. The summed E-state index contributed by atoms with van der Waals surface area (Å²) in [5.41, 5.74) is 1.98. The lowest BCUT2D eigenvalue weighted by Gasteiger charge is -2.34. The Hall–Kier alpha value is -4.36. The number of hydrogen-bond acceptors (Lipinski definition) is 8. The van der Waals surface area contributed by atoms with Crippen molar-refractivity contribution in [1.82, 2.24) is 19.4 Å². The molecule has 234 valence electrons. The quantitative estimate of drug-likeness (QED) is 0.217. The molecule has 7 rings (SSSR count). The summed E-state index contributed by atoms with van der Waals surface area (Å²) in [6.45, 7) is 6.51. The number of carbonyl (C=O) groups is 1. The van der Waals surface area contributed by atoms with Gasteiger partial charge in [0.25, 0.3) is 0 Å². The summed E-state index contributed by atoms with van der Waals surface area (Å²) in [6.07, 6.45) is 13.9. The van der Waals surface area contributed by atoms with Crippen LogP contribution in [0.15, 0.2) is 30.6 Å². The highest BCUT2D eigenvalue weighted by molar-refractivity contribution is 6.08. The van der Waals surface area contributed by atoms with Gasteiger partial charge in [-0.15, -0.1) is 6.42 Å². The summed E-state index contributed by atoms with van der Waals surface area (Å²) in [7, 11) is 1.36. The minimum Gasteiger partial charge on any atom is -0.508 e. The Bertz CT molecular complexity index is 1840.